The minimum atomic E-state index is 0.589. The zero-order chi connectivity index (χ0) is 36.6. The molecule has 11 aromatic rings. The number of nitriles is 2. The van der Waals surface area contributed by atoms with Crippen molar-refractivity contribution < 1.29 is 0 Å². The van der Waals surface area contributed by atoms with Crippen LogP contribution in [0.25, 0.3) is 93.6 Å². The number of para-hydroxylation sites is 4. The van der Waals surface area contributed by atoms with Crippen molar-refractivity contribution in [3.63, 3.8) is 0 Å². The van der Waals surface area contributed by atoms with Gasteiger partial charge >= 0.3 is 0 Å². The van der Waals surface area contributed by atoms with Crippen molar-refractivity contribution in [3.8, 4) is 40.3 Å². The van der Waals surface area contributed by atoms with Gasteiger partial charge in [0.15, 0.2) is 0 Å². The van der Waals surface area contributed by atoms with Gasteiger partial charge in [0, 0.05) is 49.3 Å². The zero-order valence-corrected chi connectivity index (χ0v) is 29.5. The molecule has 0 N–H and O–H groups in total. The summed E-state index contributed by atoms with van der Waals surface area (Å²) in [6, 6.07) is 66.0. The highest BCUT2D eigenvalue weighted by molar-refractivity contribution is 6.13. The summed E-state index contributed by atoms with van der Waals surface area (Å²) >= 11 is 0. The number of benzene rings is 8. The van der Waals surface area contributed by atoms with Gasteiger partial charge in [0.05, 0.1) is 62.1 Å². The summed E-state index contributed by atoms with van der Waals surface area (Å²) in [4.78, 5) is 0. The Morgan fingerprint density at radius 2 is 0.782 bits per heavy atom. The molecule has 5 nitrogen and oxygen atoms in total. The van der Waals surface area contributed by atoms with E-state index >= 15 is 0 Å². The molecule has 254 valence electrons. The number of rotatable bonds is 4. The number of aromatic nitrogens is 3. The normalized spacial score (nSPS) is 11.6. The van der Waals surface area contributed by atoms with Crippen molar-refractivity contribution in [3.05, 3.63) is 187 Å². The van der Waals surface area contributed by atoms with Crippen LogP contribution in [0, 0.1) is 22.7 Å². The highest BCUT2D eigenvalue weighted by Gasteiger charge is 2.20. The Morgan fingerprint density at radius 1 is 0.327 bits per heavy atom. The van der Waals surface area contributed by atoms with Gasteiger partial charge in [0.25, 0.3) is 0 Å². The third kappa shape index (κ3) is 4.51. The van der Waals surface area contributed by atoms with Crippen molar-refractivity contribution >= 4 is 65.4 Å². The standard InChI is InChI=1S/C50H29N5/c51-30-32-21-25-48(43(26-32)34-10-9-11-35(28-34)54-46-18-7-3-14-39(46)41-23-20-33(31-52)27-49(41)54)55-47-19-8-4-15-40(47)42-24-22-36(29-50(42)55)53-44-16-5-1-12-37(44)38-13-2-6-17-45(38)53/h1-29H. The molecule has 3 aromatic heterocycles. The van der Waals surface area contributed by atoms with Crippen LogP contribution in [-0.2, 0) is 0 Å². The van der Waals surface area contributed by atoms with Gasteiger partial charge < -0.3 is 13.7 Å². The minimum absolute atomic E-state index is 0.589. The van der Waals surface area contributed by atoms with E-state index in [9.17, 15) is 10.5 Å². The number of hydrogen-bond donors (Lipinski definition) is 0. The molecule has 3 heterocycles. The molecule has 0 aliphatic heterocycles. The van der Waals surface area contributed by atoms with Gasteiger partial charge in [0.1, 0.15) is 0 Å². The second-order valence-corrected chi connectivity index (χ2v) is 14.0. The van der Waals surface area contributed by atoms with Crippen molar-refractivity contribution in [2.45, 2.75) is 0 Å². The molecular formula is C50H29N5. The molecule has 0 saturated carbocycles. The van der Waals surface area contributed by atoms with E-state index in [1.807, 2.05) is 30.3 Å². The second-order valence-electron chi connectivity index (χ2n) is 14.0. The first-order valence-electron chi connectivity index (χ1n) is 18.3. The molecule has 0 fully saturated rings. The average Bonchev–Trinajstić information content (AvgIpc) is 3.88. The van der Waals surface area contributed by atoms with E-state index in [0.29, 0.717) is 11.1 Å². The van der Waals surface area contributed by atoms with Crippen LogP contribution in [0.1, 0.15) is 11.1 Å². The van der Waals surface area contributed by atoms with Crippen molar-refractivity contribution in [2.24, 2.45) is 0 Å². The van der Waals surface area contributed by atoms with E-state index in [2.05, 4.69) is 171 Å². The van der Waals surface area contributed by atoms with E-state index in [4.69, 9.17) is 0 Å². The Morgan fingerprint density at radius 3 is 1.38 bits per heavy atom. The van der Waals surface area contributed by atoms with E-state index in [0.717, 1.165) is 82.8 Å². The van der Waals surface area contributed by atoms with Crippen molar-refractivity contribution in [1.82, 2.24) is 13.7 Å². The minimum Gasteiger partial charge on any atom is -0.309 e. The predicted molar refractivity (Wildman–Crippen MR) is 224 cm³/mol. The summed E-state index contributed by atoms with van der Waals surface area (Å²) in [5.74, 6) is 0. The maximum atomic E-state index is 10.2. The number of hydrogen-bond acceptors (Lipinski definition) is 2. The Hall–Kier alpha value is -7.86. The van der Waals surface area contributed by atoms with Crippen LogP contribution in [0.4, 0.5) is 0 Å². The van der Waals surface area contributed by atoms with Gasteiger partial charge in [-0.15, -0.1) is 0 Å². The summed E-state index contributed by atoms with van der Waals surface area (Å²) in [7, 11) is 0. The fraction of sp³-hybridized carbons (Fsp3) is 0. The van der Waals surface area contributed by atoms with Crippen LogP contribution in [0.5, 0.6) is 0 Å². The molecule has 8 aromatic carbocycles. The third-order valence-electron chi connectivity index (χ3n) is 11.1. The quantitative estimate of drug-likeness (QED) is 0.184. The highest BCUT2D eigenvalue weighted by Crippen LogP contribution is 2.40. The first kappa shape index (κ1) is 30.7. The van der Waals surface area contributed by atoms with Crippen molar-refractivity contribution in [1.29, 1.82) is 10.5 Å². The molecule has 0 spiro atoms. The molecule has 0 radical (unpaired) electrons. The maximum absolute atomic E-state index is 10.2. The highest BCUT2D eigenvalue weighted by atomic mass is 15.0. The van der Waals surface area contributed by atoms with Gasteiger partial charge in [-0.25, -0.2) is 0 Å². The van der Waals surface area contributed by atoms with Crippen LogP contribution < -0.4 is 0 Å². The summed E-state index contributed by atoms with van der Waals surface area (Å²) in [6.45, 7) is 0. The van der Waals surface area contributed by atoms with Gasteiger partial charge in [-0.05, 0) is 84.4 Å². The molecule has 5 heteroatoms. The third-order valence-corrected chi connectivity index (χ3v) is 11.1. The lowest BCUT2D eigenvalue weighted by molar-refractivity contribution is 1.15. The van der Waals surface area contributed by atoms with E-state index in [-0.39, 0.29) is 0 Å². The summed E-state index contributed by atoms with van der Waals surface area (Å²) < 4.78 is 6.95. The monoisotopic (exact) mass is 699 g/mol. The molecule has 0 saturated heterocycles. The van der Waals surface area contributed by atoms with E-state index < -0.39 is 0 Å². The molecule has 0 bridgehead atoms. The molecule has 0 atom stereocenters. The fourth-order valence-corrected chi connectivity index (χ4v) is 8.72. The van der Waals surface area contributed by atoms with Crippen LogP contribution >= 0.6 is 0 Å². The molecular weight excluding hydrogens is 671 g/mol. The number of nitrogens with zero attached hydrogens (tertiary/aromatic N) is 5. The Kier molecular flexibility index (Phi) is 6.61. The van der Waals surface area contributed by atoms with Gasteiger partial charge in [-0.3, -0.25) is 0 Å². The van der Waals surface area contributed by atoms with Crippen molar-refractivity contribution in [2.75, 3.05) is 0 Å². The first-order chi connectivity index (χ1) is 27.2. The summed E-state index contributed by atoms with van der Waals surface area (Å²) in [5, 5.41) is 27.0. The summed E-state index contributed by atoms with van der Waals surface area (Å²) in [6.07, 6.45) is 0. The molecule has 0 aliphatic rings. The lowest BCUT2D eigenvalue weighted by Crippen LogP contribution is -2.00. The molecule has 0 aliphatic carbocycles. The van der Waals surface area contributed by atoms with Crippen LogP contribution in [0.15, 0.2) is 176 Å². The van der Waals surface area contributed by atoms with E-state index in [1.54, 1.807) is 0 Å². The lowest BCUT2D eigenvalue weighted by Gasteiger charge is -2.17. The largest absolute Gasteiger partial charge is 0.309 e. The lowest BCUT2D eigenvalue weighted by atomic mass is 10.00. The average molecular weight is 700 g/mol. The maximum Gasteiger partial charge on any atom is 0.0992 e. The molecule has 0 amide bonds. The smallest absolute Gasteiger partial charge is 0.0992 e. The predicted octanol–water partition coefficient (Wildman–Crippen LogP) is 12.4. The Bertz CT molecular complexity index is 3420. The van der Waals surface area contributed by atoms with Crippen LogP contribution in [-0.4, -0.2) is 13.7 Å². The summed E-state index contributed by atoms with van der Waals surface area (Å²) in [5.41, 5.74) is 12.7. The van der Waals surface area contributed by atoms with Gasteiger partial charge in [0.2, 0.25) is 0 Å². The zero-order valence-electron chi connectivity index (χ0n) is 29.5. The fourth-order valence-electron chi connectivity index (χ4n) is 8.72. The Balaban J connectivity index is 1.18. The van der Waals surface area contributed by atoms with Crippen LogP contribution in [0.2, 0.25) is 0 Å². The topological polar surface area (TPSA) is 62.4 Å². The molecule has 55 heavy (non-hydrogen) atoms. The SMILES string of the molecule is N#Cc1ccc(-n2c3ccccc3c3ccc(-n4c5ccccc5c5ccccc54)cc32)c(-c2cccc(-n3c4ccccc4c4ccc(C#N)cc43)c2)c1. The Labute approximate surface area is 316 Å². The molecule has 0 unspecified atom stereocenters. The van der Waals surface area contributed by atoms with Gasteiger partial charge in [-0.1, -0.05) is 97.1 Å². The first-order valence-corrected chi connectivity index (χ1v) is 18.3. The number of fused-ring (bicyclic) bond motifs is 9. The van der Waals surface area contributed by atoms with Crippen LogP contribution in [0.3, 0.4) is 0 Å². The van der Waals surface area contributed by atoms with Gasteiger partial charge in [-0.2, -0.15) is 10.5 Å². The van der Waals surface area contributed by atoms with E-state index in [1.165, 1.54) is 10.8 Å². The molecule has 11 rings (SSSR count). The second kappa shape index (κ2) is 11.8.